The zero-order valence-electron chi connectivity index (χ0n) is 18.8. The van der Waals surface area contributed by atoms with Crippen LogP contribution in [0.25, 0.3) is 0 Å². The van der Waals surface area contributed by atoms with E-state index in [4.69, 9.17) is 9.47 Å². The second kappa shape index (κ2) is 9.48. The lowest BCUT2D eigenvalue weighted by Crippen LogP contribution is -2.42. The fraction of sp³-hybridized carbons (Fsp3) is 0.346. The normalized spacial score (nSPS) is 17.5. The third-order valence-electron chi connectivity index (χ3n) is 6.12. The molecule has 0 spiro atoms. The molecule has 0 N–H and O–H groups in total. The van der Waals surface area contributed by atoms with Gasteiger partial charge in [-0.3, -0.25) is 4.79 Å². The minimum Gasteiger partial charge on any atom is -0.490 e. The van der Waals surface area contributed by atoms with E-state index in [1.54, 1.807) is 12.4 Å². The van der Waals surface area contributed by atoms with Gasteiger partial charge in [0.05, 0.1) is 18.7 Å². The van der Waals surface area contributed by atoms with Crippen molar-refractivity contribution in [1.29, 1.82) is 0 Å². The summed E-state index contributed by atoms with van der Waals surface area (Å²) in [6.07, 6.45) is 5.25. The van der Waals surface area contributed by atoms with Crippen molar-refractivity contribution in [1.82, 2.24) is 14.9 Å². The highest BCUT2D eigenvalue weighted by Gasteiger charge is 2.26. The quantitative estimate of drug-likeness (QED) is 0.571. The number of rotatable bonds is 6. The van der Waals surface area contributed by atoms with Gasteiger partial charge in [0.25, 0.3) is 5.91 Å². The summed E-state index contributed by atoms with van der Waals surface area (Å²) < 4.78 is 12.0. The third kappa shape index (κ3) is 4.62. The Kier molecular flexibility index (Phi) is 6.11. The number of benzene rings is 2. The van der Waals surface area contributed by atoms with Crippen LogP contribution in [-0.4, -0.2) is 46.6 Å². The molecule has 2 aliphatic rings. The SMILES string of the molecule is CCOc1ccccc1O[C@@H]1CCCN(c2ncc(C(=O)N3Cc4ccccc4C3)cn2)C1. The van der Waals surface area contributed by atoms with E-state index in [1.807, 2.05) is 48.2 Å². The van der Waals surface area contributed by atoms with E-state index in [9.17, 15) is 4.79 Å². The predicted molar refractivity (Wildman–Crippen MR) is 126 cm³/mol. The molecule has 0 radical (unpaired) electrons. The molecule has 1 saturated heterocycles. The molecule has 1 aromatic heterocycles. The highest BCUT2D eigenvalue weighted by molar-refractivity contribution is 5.94. The molecule has 33 heavy (non-hydrogen) atoms. The Bertz CT molecular complexity index is 1090. The highest BCUT2D eigenvalue weighted by Crippen LogP contribution is 2.30. The molecule has 2 aliphatic heterocycles. The fourth-order valence-corrected chi connectivity index (χ4v) is 4.47. The molecule has 7 nitrogen and oxygen atoms in total. The molecule has 0 bridgehead atoms. The second-order valence-corrected chi connectivity index (χ2v) is 8.41. The predicted octanol–water partition coefficient (Wildman–Crippen LogP) is 4.08. The fourth-order valence-electron chi connectivity index (χ4n) is 4.47. The number of para-hydroxylation sites is 2. The number of amides is 1. The maximum Gasteiger partial charge on any atom is 0.257 e. The first-order valence-electron chi connectivity index (χ1n) is 11.5. The van der Waals surface area contributed by atoms with Crippen molar-refractivity contribution >= 4 is 11.9 Å². The van der Waals surface area contributed by atoms with E-state index in [1.165, 1.54) is 11.1 Å². The number of ether oxygens (including phenoxy) is 2. The molecule has 1 atom stereocenters. The van der Waals surface area contributed by atoms with Gasteiger partial charge in [0.1, 0.15) is 6.10 Å². The van der Waals surface area contributed by atoms with E-state index in [-0.39, 0.29) is 12.0 Å². The number of nitrogens with zero attached hydrogens (tertiary/aromatic N) is 4. The average molecular weight is 445 g/mol. The van der Waals surface area contributed by atoms with Crippen LogP contribution in [0.15, 0.2) is 60.9 Å². The third-order valence-corrected chi connectivity index (χ3v) is 6.12. The van der Waals surface area contributed by atoms with Crippen LogP contribution in [0, 0.1) is 0 Å². The van der Waals surface area contributed by atoms with Crippen LogP contribution in [0.4, 0.5) is 5.95 Å². The summed E-state index contributed by atoms with van der Waals surface area (Å²) in [6.45, 7) is 5.38. The van der Waals surface area contributed by atoms with Gasteiger partial charge in [-0.05, 0) is 43.0 Å². The first-order valence-corrected chi connectivity index (χ1v) is 11.5. The number of aromatic nitrogens is 2. The summed E-state index contributed by atoms with van der Waals surface area (Å²) in [6, 6.07) is 15.9. The van der Waals surface area contributed by atoms with Gasteiger partial charge in [0.2, 0.25) is 5.95 Å². The monoisotopic (exact) mass is 444 g/mol. The largest absolute Gasteiger partial charge is 0.490 e. The zero-order valence-corrected chi connectivity index (χ0v) is 18.8. The van der Waals surface area contributed by atoms with Crippen LogP contribution >= 0.6 is 0 Å². The standard InChI is InChI=1S/C26H28N4O3/c1-2-32-23-11-5-6-12-24(23)33-22-10-7-13-29(18-22)26-27-14-21(15-28-26)25(31)30-16-19-8-3-4-9-20(19)17-30/h3-6,8-9,11-12,14-15,22H,2,7,10,13,16-18H2,1H3/t22-/m1/s1. The van der Waals surface area contributed by atoms with Crippen molar-refractivity contribution in [2.75, 3.05) is 24.6 Å². The van der Waals surface area contributed by atoms with Crippen LogP contribution < -0.4 is 14.4 Å². The maximum absolute atomic E-state index is 12.9. The number of fused-ring (bicyclic) bond motifs is 1. The first-order chi connectivity index (χ1) is 16.2. The molecule has 1 fully saturated rings. The number of hydrogen-bond donors (Lipinski definition) is 0. The molecule has 0 saturated carbocycles. The smallest absolute Gasteiger partial charge is 0.257 e. The summed E-state index contributed by atoms with van der Waals surface area (Å²) in [4.78, 5) is 25.9. The first kappa shape index (κ1) is 21.2. The minimum atomic E-state index is -0.0369. The summed E-state index contributed by atoms with van der Waals surface area (Å²) in [5.41, 5.74) is 2.92. The molecule has 170 valence electrons. The Hall–Kier alpha value is -3.61. The Morgan fingerprint density at radius 3 is 2.36 bits per heavy atom. The Morgan fingerprint density at radius 1 is 1.00 bits per heavy atom. The van der Waals surface area contributed by atoms with Crippen LogP contribution in [0.2, 0.25) is 0 Å². The van der Waals surface area contributed by atoms with Gasteiger partial charge in [-0.15, -0.1) is 0 Å². The topological polar surface area (TPSA) is 67.8 Å². The van der Waals surface area contributed by atoms with Crippen molar-refractivity contribution in [3.63, 3.8) is 0 Å². The minimum absolute atomic E-state index is 0.0216. The van der Waals surface area contributed by atoms with Crippen LogP contribution in [0.1, 0.15) is 41.3 Å². The van der Waals surface area contributed by atoms with Crippen molar-refractivity contribution in [2.45, 2.75) is 39.0 Å². The van der Waals surface area contributed by atoms with Crippen LogP contribution in [-0.2, 0) is 13.1 Å². The molecule has 0 aliphatic carbocycles. The number of carbonyl (C=O) groups is 1. The zero-order chi connectivity index (χ0) is 22.6. The molecule has 7 heteroatoms. The van der Waals surface area contributed by atoms with E-state index < -0.39 is 0 Å². The van der Waals surface area contributed by atoms with E-state index in [0.717, 1.165) is 30.9 Å². The lowest BCUT2D eigenvalue weighted by Gasteiger charge is -2.33. The summed E-state index contributed by atoms with van der Waals surface area (Å²) in [5.74, 6) is 2.12. The van der Waals surface area contributed by atoms with Gasteiger partial charge in [0.15, 0.2) is 11.5 Å². The van der Waals surface area contributed by atoms with Crippen molar-refractivity contribution in [2.24, 2.45) is 0 Å². The molecule has 0 unspecified atom stereocenters. The molecule has 1 amide bonds. The van der Waals surface area contributed by atoms with E-state index >= 15 is 0 Å². The van der Waals surface area contributed by atoms with Crippen molar-refractivity contribution in [3.8, 4) is 11.5 Å². The number of hydrogen-bond acceptors (Lipinski definition) is 6. The van der Waals surface area contributed by atoms with Gasteiger partial charge >= 0.3 is 0 Å². The number of piperidine rings is 1. The Morgan fingerprint density at radius 2 is 1.67 bits per heavy atom. The summed E-state index contributed by atoms with van der Waals surface area (Å²) >= 11 is 0. The van der Waals surface area contributed by atoms with Crippen molar-refractivity contribution < 1.29 is 14.3 Å². The number of anilines is 1. The van der Waals surface area contributed by atoms with Gasteiger partial charge in [-0.2, -0.15) is 0 Å². The summed E-state index contributed by atoms with van der Waals surface area (Å²) in [7, 11) is 0. The van der Waals surface area contributed by atoms with E-state index in [0.29, 0.717) is 37.8 Å². The molecule has 3 aromatic rings. The second-order valence-electron chi connectivity index (χ2n) is 8.41. The van der Waals surface area contributed by atoms with Crippen LogP contribution in [0.5, 0.6) is 11.5 Å². The highest BCUT2D eigenvalue weighted by atomic mass is 16.5. The lowest BCUT2D eigenvalue weighted by atomic mass is 10.1. The van der Waals surface area contributed by atoms with E-state index in [2.05, 4.69) is 27.0 Å². The average Bonchev–Trinajstić information content (AvgIpc) is 3.30. The van der Waals surface area contributed by atoms with Gasteiger partial charge in [-0.25, -0.2) is 9.97 Å². The summed E-state index contributed by atoms with van der Waals surface area (Å²) in [5, 5.41) is 0. The Balaban J connectivity index is 1.23. The Labute approximate surface area is 194 Å². The molecule has 2 aromatic carbocycles. The van der Waals surface area contributed by atoms with Gasteiger partial charge in [-0.1, -0.05) is 36.4 Å². The van der Waals surface area contributed by atoms with Gasteiger partial charge in [0, 0.05) is 32.0 Å². The molecular formula is C26H28N4O3. The molecule has 3 heterocycles. The van der Waals surface area contributed by atoms with Gasteiger partial charge < -0.3 is 19.3 Å². The van der Waals surface area contributed by atoms with Crippen molar-refractivity contribution in [3.05, 3.63) is 77.6 Å². The number of carbonyl (C=O) groups excluding carboxylic acids is 1. The molecule has 5 rings (SSSR count). The lowest BCUT2D eigenvalue weighted by molar-refractivity contribution is 0.0750. The van der Waals surface area contributed by atoms with Crippen LogP contribution in [0.3, 0.4) is 0 Å². The molecular weight excluding hydrogens is 416 g/mol. The maximum atomic E-state index is 12.9.